The summed E-state index contributed by atoms with van der Waals surface area (Å²) < 4.78 is 1.73. The normalized spacial score (nSPS) is 10.9. The second-order valence-electron chi connectivity index (χ2n) is 5.71. The molecule has 3 rings (SSSR count). The van der Waals surface area contributed by atoms with E-state index in [1.807, 2.05) is 38.1 Å². The van der Waals surface area contributed by atoms with Gasteiger partial charge < -0.3 is 11.1 Å². The van der Waals surface area contributed by atoms with Gasteiger partial charge in [-0.05, 0) is 18.9 Å². The molecule has 0 aliphatic carbocycles. The summed E-state index contributed by atoms with van der Waals surface area (Å²) in [6.07, 6.45) is 2.47. The first kappa shape index (κ1) is 15.9. The number of nitrogens with one attached hydrogen (secondary N) is 1. The van der Waals surface area contributed by atoms with Crippen molar-refractivity contribution in [3.63, 3.8) is 0 Å². The van der Waals surface area contributed by atoms with Crippen LogP contribution in [0.5, 0.6) is 0 Å². The minimum atomic E-state index is -0.325. The average Bonchev–Trinajstić information content (AvgIpc) is 2.98. The number of fused-ring (bicyclic) bond motifs is 1. The van der Waals surface area contributed by atoms with Crippen molar-refractivity contribution in [2.45, 2.75) is 26.8 Å². The lowest BCUT2D eigenvalue weighted by Gasteiger charge is -2.06. The quantitative estimate of drug-likeness (QED) is 0.747. The fourth-order valence-corrected chi connectivity index (χ4v) is 2.38. The number of anilines is 1. The van der Waals surface area contributed by atoms with E-state index in [1.165, 1.54) is 5.56 Å². The predicted octanol–water partition coefficient (Wildman–Crippen LogP) is 1.91. The molecule has 1 aromatic carbocycles. The van der Waals surface area contributed by atoms with Gasteiger partial charge in [-0.3, -0.25) is 4.79 Å². The summed E-state index contributed by atoms with van der Waals surface area (Å²) in [5.74, 6) is 0.00412. The molecule has 0 unspecified atom stereocenters. The summed E-state index contributed by atoms with van der Waals surface area (Å²) in [6.45, 7) is 5.15. The van der Waals surface area contributed by atoms with E-state index < -0.39 is 0 Å². The van der Waals surface area contributed by atoms with Crippen LogP contribution in [0, 0.1) is 6.92 Å². The van der Waals surface area contributed by atoms with E-state index in [-0.39, 0.29) is 17.5 Å². The van der Waals surface area contributed by atoms with Gasteiger partial charge in [-0.15, -0.1) is 0 Å². The van der Waals surface area contributed by atoms with Crippen LogP contribution >= 0.6 is 0 Å². The third-order valence-corrected chi connectivity index (χ3v) is 3.72. The molecule has 0 saturated carbocycles. The Morgan fingerprint density at radius 2 is 2.00 bits per heavy atom. The highest BCUT2D eigenvalue weighted by Gasteiger charge is 2.15. The van der Waals surface area contributed by atoms with E-state index >= 15 is 0 Å². The van der Waals surface area contributed by atoms with Crippen LogP contribution in [0.2, 0.25) is 0 Å². The van der Waals surface area contributed by atoms with Crippen LogP contribution < -0.4 is 11.1 Å². The molecule has 3 aromatic rings. The number of benzene rings is 1. The molecule has 7 heteroatoms. The van der Waals surface area contributed by atoms with E-state index in [0.29, 0.717) is 24.1 Å². The molecular formula is C17H20N6O. The van der Waals surface area contributed by atoms with E-state index in [1.54, 1.807) is 10.9 Å². The Bertz CT molecular complexity index is 869. The maximum absolute atomic E-state index is 12.1. The van der Waals surface area contributed by atoms with Gasteiger partial charge in [0, 0.05) is 6.54 Å². The zero-order chi connectivity index (χ0) is 17.1. The molecule has 0 fully saturated rings. The van der Waals surface area contributed by atoms with Gasteiger partial charge in [0.25, 0.3) is 5.91 Å². The summed E-state index contributed by atoms with van der Waals surface area (Å²) >= 11 is 0. The molecule has 0 saturated heterocycles. The largest absolute Gasteiger partial charge is 0.383 e. The molecule has 1 amide bonds. The van der Waals surface area contributed by atoms with Gasteiger partial charge in [0.1, 0.15) is 5.82 Å². The van der Waals surface area contributed by atoms with Crippen LogP contribution in [-0.2, 0) is 6.54 Å². The first-order valence-electron chi connectivity index (χ1n) is 7.91. The van der Waals surface area contributed by atoms with E-state index in [4.69, 9.17) is 5.73 Å². The van der Waals surface area contributed by atoms with Gasteiger partial charge in [0.15, 0.2) is 5.65 Å². The number of hydrogen-bond donors (Lipinski definition) is 2. The maximum atomic E-state index is 12.1. The van der Waals surface area contributed by atoms with Gasteiger partial charge in [-0.2, -0.15) is 5.10 Å². The summed E-state index contributed by atoms with van der Waals surface area (Å²) in [5, 5.41) is 7.75. The third kappa shape index (κ3) is 3.19. The fourth-order valence-electron chi connectivity index (χ4n) is 2.38. The smallest absolute Gasteiger partial charge is 0.289 e. The Kier molecular flexibility index (Phi) is 4.41. The standard InChI is InChI=1S/C17H20N6O/c1-3-8-19-17(24)15-21-14(18)13-9-20-23(16(13)22-15)10-12-6-4-11(2)5-7-12/h4-7,9H,3,8,10H2,1-2H3,(H,19,24)(H2,18,21,22). The molecule has 124 valence electrons. The third-order valence-electron chi connectivity index (χ3n) is 3.72. The molecule has 0 aliphatic heterocycles. The Morgan fingerprint density at radius 3 is 2.71 bits per heavy atom. The highest BCUT2D eigenvalue weighted by atomic mass is 16.2. The number of nitrogens with two attached hydrogens (primary N) is 1. The molecule has 0 aliphatic rings. The number of hydrogen-bond acceptors (Lipinski definition) is 5. The highest BCUT2D eigenvalue weighted by molar-refractivity contribution is 5.94. The van der Waals surface area contributed by atoms with Crippen molar-refractivity contribution in [2.24, 2.45) is 0 Å². The van der Waals surface area contributed by atoms with Crippen LogP contribution in [0.3, 0.4) is 0 Å². The molecule has 24 heavy (non-hydrogen) atoms. The van der Waals surface area contributed by atoms with E-state index in [2.05, 4.69) is 20.4 Å². The highest BCUT2D eigenvalue weighted by Crippen LogP contribution is 2.18. The molecule has 7 nitrogen and oxygen atoms in total. The minimum Gasteiger partial charge on any atom is -0.383 e. The van der Waals surface area contributed by atoms with E-state index in [9.17, 15) is 4.79 Å². The minimum absolute atomic E-state index is 0.0686. The van der Waals surface area contributed by atoms with Crippen LogP contribution in [0.1, 0.15) is 35.1 Å². The van der Waals surface area contributed by atoms with Crippen molar-refractivity contribution in [1.82, 2.24) is 25.1 Å². The average molecular weight is 324 g/mol. The molecule has 3 N–H and O–H groups in total. The monoisotopic (exact) mass is 324 g/mol. The number of amides is 1. The second kappa shape index (κ2) is 6.66. The van der Waals surface area contributed by atoms with Crippen LogP contribution in [0.4, 0.5) is 5.82 Å². The molecule has 2 heterocycles. The van der Waals surface area contributed by atoms with E-state index in [0.717, 1.165) is 12.0 Å². The van der Waals surface area contributed by atoms with Crippen molar-refractivity contribution < 1.29 is 4.79 Å². The van der Waals surface area contributed by atoms with Crippen molar-refractivity contribution in [3.8, 4) is 0 Å². The van der Waals surface area contributed by atoms with Gasteiger partial charge >= 0.3 is 0 Å². The van der Waals surface area contributed by atoms with Gasteiger partial charge in [-0.25, -0.2) is 14.6 Å². The Hall–Kier alpha value is -2.96. The molecule has 0 bridgehead atoms. The molecule has 2 aromatic heterocycles. The molecule has 0 atom stereocenters. The Labute approximate surface area is 139 Å². The number of carbonyl (C=O) groups excluding carboxylic acids is 1. The number of nitrogens with zero attached hydrogens (tertiary/aromatic N) is 4. The number of nitrogen functional groups attached to an aromatic ring is 1. The first-order chi connectivity index (χ1) is 11.6. The van der Waals surface area contributed by atoms with Crippen LogP contribution in [0.25, 0.3) is 11.0 Å². The Morgan fingerprint density at radius 1 is 1.25 bits per heavy atom. The number of aryl methyl sites for hydroxylation is 1. The van der Waals surface area contributed by atoms with Gasteiger partial charge in [-0.1, -0.05) is 36.8 Å². The first-order valence-corrected chi connectivity index (χ1v) is 7.91. The number of aromatic nitrogens is 4. The zero-order valence-electron chi connectivity index (χ0n) is 13.8. The zero-order valence-corrected chi connectivity index (χ0v) is 13.8. The van der Waals surface area contributed by atoms with Crippen molar-refractivity contribution in [3.05, 3.63) is 47.4 Å². The lowest BCUT2D eigenvalue weighted by molar-refractivity contribution is 0.0943. The topological polar surface area (TPSA) is 98.7 Å². The molecular weight excluding hydrogens is 304 g/mol. The number of rotatable bonds is 5. The summed E-state index contributed by atoms with van der Waals surface area (Å²) in [5.41, 5.74) is 8.82. The van der Waals surface area contributed by atoms with Crippen molar-refractivity contribution in [1.29, 1.82) is 0 Å². The SMILES string of the molecule is CCCNC(=O)c1nc(N)c2cnn(Cc3ccc(C)cc3)c2n1. The second-order valence-corrected chi connectivity index (χ2v) is 5.71. The maximum Gasteiger partial charge on any atom is 0.289 e. The van der Waals surface area contributed by atoms with Crippen molar-refractivity contribution in [2.75, 3.05) is 12.3 Å². The van der Waals surface area contributed by atoms with Crippen LogP contribution in [0.15, 0.2) is 30.5 Å². The predicted molar refractivity (Wildman–Crippen MR) is 92.6 cm³/mol. The molecule has 0 spiro atoms. The lowest BCUT2D eigenvalue weighted by atomic mass is 10.1. The summed E-state index contributed by atoms with van der Waals surface area (Å²) in [7, 11) is 0. The Balaban J connectivity index is 1.95. The fraction of sp³-hybridized carbons (Fsp3) is 0.294. The summed E-state index contributed by atoms with van der Waals surface area (Å²) in [4.78, 5) is 20.6. The van der Waals surface area contributed by atoms with Crippen LogP contribution in [-0.4, -0.2) is 32.2 Å². The van der Waals surface area contributed by atoms with Gasteiger partial charge in [0.05, 0.1) is 18.1 Å². The number of carbonyl (C=O) groups is 1. The van der Waals surface area contributed by atoms with Gasteiger partial charge in [0.2, 0.25) is 5.82 Å². The molecule has 0 radical (unpaired) electrons. The summed E-state index contributed by atoms with van der Waals surface area (Å²) in [6, 6.07) is 8.19. The van der Waals surface area contributed by atoms with Crippen molar-refractivity contribution >= 4 is 22.8 Å². The lowest BCUT2D eigenvalue weighted by Crippen LogP contribution is -2.26.